The second-order valence-electron chi connectivity index (χ2n) is 13.2. The Morgan fingerprint density at radius 3 is 0.947 bits per heavy atom. The van der Waals surface area contributed by atoms with E-state index in [0.717, 1.165) is 24.9 Å². The summed E-state index contributed by atoms with van der Waals surface area (Å²) >= 11 is 0. The summed E-state index contributed by atoms with van der Waals surface area (Å²) in [5, 5.41) is 0. The van der Waals surface area contributed by atoms with Crippen LogP contribution in [-0.4, -0.2) is 51.2 Å². The van der Waals surface area contributed by atoms with Crippen LogP contribution in [0.1, 0.15) is 157 Å². The first kappa shape index (κ1) is 40.0. The Bertz CT molecular complexity index is 535. The molecule has 0 rings (SSSR count). The maximum absolute atomic E-state index is 9.22. The first-order valence-electron chi connectivity index (χ1n) is 16.2. The zero-order valence-electron chi connectivity index (χ0n) is 27.1. The quantitative estimate of drug-likeness (QED) is 0.0480. The minimum atomic E-state index is -4.41. The molecule has 0 saturated heterocycles. The molecule has 0 bridgehead atoms. The molecule has 5 nitrogen and oxygen atoms in total. The van der Waals surface area contributed by atoms with E-state index < -0.39 is 10.4 Å². The molecule has 0 aliphatic heterocycles. The van der Waals surface area contributed by atoms with Gasteiger partial charge in [0.2, 0.25) is 10.4 Å². The van der Waals surface area contributed by atoms with Crippen molar-refractivity contribution in [1.29, 1.82) is 0 Å². The Morgan fingerprint density at radius 2 is 0.737 bits per heavy atom. The number of hydrogen-bond donors (Lipinski definition) is 0. The predicted molar refractivity (Wildman–Crippen MR) is 165 cm³/mol. The fourth-order valence-electron chi connectivity index (χ4n) is 5.06. The third kappa shape index (κ3) is 33.9. The fraction of sp³-hybridized carbons (Fsp3) is 1.00. The van der Waals surface area contributed by atoms with Crippen LogP contribution < -0.4 is 0 Å². The molecule has 0 N–H and O–H groups in total. The molecule has 0 unspecified atom stereocenters. The lowest BCUT2D eigenvalue weighted by Gasteiger charge is -2.35. The lowest BCUT2D eigenvalue weighted by molar-refractivity contribution is -0.910. The molecule has 232 valence electrons. The summed E-state index contributed by atoms with van der Waals surface area (Å²) < 4.78 is 32.4. The molecular weight excluding hydrogens is 494 g/mol. The summed E-state index contributed by atoms with van der Waals surface area (Å²) in [6.07, 6.45) is 26.0. The SMILES string of the molecule is CC(C)CCCCCCC[N+](C)(CCCCCCCC(C)C)CCCCCCCC(C)C.COS(=O)(=O)[O-]. The van der Waals surface area contributed by atoms with Gasteiger partial charge in [0, 0.05) is 0 Å². The van der Waals surface area contributed by atoms with Gasteiger partial charge in [0.15, 0.2) is 0 Å². The molecule has 0 aromatic heterocycles. The molecule has 6 heteroatoms. The van der Waals surface area contributed by atoms with Crippen LogP contribution in [0, 0.1) is 17.8 Å². The summed E-state index contributed by atoms with van der Waals surface area (Å²) in [6, 6.07) is 0. The van der Waals surface area contributed by atoms with Crippen LogP contribution in [0.25, 0.3) is 0 Å². The van der Waals surface area contributed by atoms with E-state index in [1.54, 1.807) is 0 Å². The molecule has 0 radical (unpaired) electrons. The van der Waals surface area contributed by atoms with Crippen LogP contribution in [0.3, 0.4) is 0 Å². The molecule has 0 heterocycles. The molecule has 0 aromatic rings. The zero-order chi connectivity index (χ0) is 29.3. The largest absolute Gasteiger partial charge is 0.726 e. The maximum Gasteiger partial charge on any atom is 0.217 e. The topological polar surface area (TPSA) is 66.4 Å². The van der Waals surface area contributed by atoms with E-state index in [1.165, 1.54) is 140 Å². The molecule has 38 heavy (non-hydrogen) atoms. The van der Waals surface area contributed by atoms with Gasteiger partial charge in [-0.15, -0.1) is 0 Å². The van der Waals surface area contributed by atoms with E-state index in [-0.39, 0.29) is 0 Å². The number of unbranched alkanes of at least 4 members (excludes halogenated alkanes) is 12. The van der Waals surface area contributed by atoms with Crippen molar-refractivity contribution in [3.05, 3.63) is 0 Å². The average Bonchev–Trinajstić information content (AvgIpc) is 2.81. The Balaban J connectivity index is 0. The van der Waals surface area contributed by atoms with Crippen LogP contribution in [0.4, 0.5) is 0 Å². The van der Waals surface area contributed by atoms with Gasteiger partial charge in [-0.05, 0) is 56.3 Å². The van der Waals surface area contributed by atoms with Crippen LogP contribution in [0.5, 0.6) is 0 Å². The summed E-state index contributed by atoms with van der Waals surface area (Å²) in [5.41, 5.74) is 0. The molecule has 0 fully saturated rings. The number of quaternary nitrogens is 1. The smallest absolute Gasteiger partial charge is 0.217 e. The normalized spacial score (nSPS) is 12.4. The van der Waals surface area contributed by atoms with Crippen molar-refractivity contribution in [2.45, 2.75) is 157 Å². The minimum Gasteiger partial charge on any atom is -0.726 e. The first-order valence-corrected chi connectivity index (χ1v) is 17.5. The number of nitrogens with zero attached hydrogens (tertiary/aromatic N) is 1. The molecule has 0 spiro atoms. The maximum atomic E-state index is 9.22. The zero-order valence-corrected chi connectivity index (χ0v) is 27.9. The first-order chi connectivity index (χ1) is 17.8. The van der Waals surface area contributed by atoms with E-state index >= 15 is 0 Å². The number of hydrogen-bond acceptors (Lipinski definition) is 4. The summed E-state index contributed by atoms with van der Waals surface area (Å²) in [4.78, 5) is 0. The van der Waals surface area contributed by atoms with Gasteiger partial charge in [0.05, 0.1) is 33.8 Å². The van der Waals surface area contributed by atoms with Crippen molar-refractivity contribution >= 4 is 10.4 Å². The third-order valence-corrected chi connectivity index (χ3v) is 8.05. The lowest BCUT2D eigenvalue weighted by atomic mass is 10.0. The molecule has 0 amide bonds. The summed E-state index contributed by atoms with van der Waals surface area (Å²) in [7, 11) is -1.02. The Labute approximate surface area is 240 Å². The predicted octanol–water partition coefficient (Wildman–Crippen LogP) is 9.52. The highest BCUT2D eigenvalue weighted by Gasteiger charge is 2.20. The van der Waals surface area contributed by atoms with Crippen LogP contribution in [0.2, 0.25) is 0 Å². The third-order valence-electron chi connectivity index (χ3n) is 7.64. The molecule has 0 aromatic carbocycles. The van der Waals surface area contributed by atoms with Crippen LogP contribution in [0.15, 0.2) is 0 Å². The summed E-state index contributed by atoms with van der Waals surface area (Å²) in [6.45, 7) is 18.4. The van der Waals surface area contributed by atoms with Crippen molar-refractivity contribution in [2.75, 3.05) is 33.8 Å². The fourth-order valence-corrected chi connectivity index (χ4v) is 5.06. The Morgan fingerprint density at radius 1 is 0.526 bits per heavy atom. The average molecular weight is 564 g/mol. The van der Waals surface area contributed by atoms with Crippen molar-refractivity contribution in [3.8, 4) is 0 Å². The molecule has 0 atom stereocenters. The molecular formula is C32H69NO4S. The Kier molecular flexibility index (Phi) is 27.1. The second-order valence-corrected chi connectivity index (χ2v) is 14.4. The van der Waals surface area contributed by atoms with E-state index in [9.17, 15) is 13.0 Å². The van der Waals surface area contributed by atoms with E-state index in [1.807, 2.05) is 0 Å². The van der Waals surface area contributed by atoms with Crippen molar-refractivity contribution in [3.63, 3.8) is 0 Å². The van der Waals surface area contributed by atoms with Gasteiger partial charge in [0.1, 0.15) is 0 Å². The van der Waals surface area contributed by atoms with Gasteiger partial charge in [-0.3, -0.25) is 4.18 Å². The summed E-state index contributed by atoms with van der Waals surface area (Å²) in [5.74, 6) is 2.64. The molecule has 0 aliphatic carbocycles. The van der Waals surface area contributed by atoms with Gasteiger partial charge in [0.25, 0.3) is 0 Å². The van der Waals surface area contributed by atoms with E-state index in [0.29, 0.717) is 0 Å². The van der Waals surface area contributed by atoms with Gasteiger partial charge in [-0.2, -0.15) is 0 Å². The van der Waals surface area contributed by atoms with Crippen molar-refractivity contribution in [1.82, 2.24) is 0 Å². The highest BCUT2D eigenvalue weighted by molar-refractivity contribution is 7.80. The highest BCUT2D eigenvalue weighted by atomic mass is 32.3. The van der Waals surface area contributed by atoms with Crippen molar-refractivity contribution < 1.29 is 21.6 Å². The van der Waals surface area contributed by atoms with Gasteiger partial charge in [-0.1, -0.05) is 119 Å². The van der Waals surface area contributed by atoms with Crippen LogP contribution >= 0.6 is 0 Å². The van der Waals surface area contributed by atoms with Gasteiger partial charge < -0.3 is 9.04 Å². The van der Waals surface area contributed by atoms with Crippen LogP contribution in [-0.2, 0) is 14.6 Å². The minimum absolute atomic E-state index is 0.808. The Hall–Kier alpha value is -0.170. The molecule has 0 aliphatic rings. The van der Waals surface area contributed by atoms with E-state index in [4.69, 9.17) is 0 Å². The van der Waals surface area contributed by atoms with Gasteiger partial charge in [-0.25, -0.2) is 8.42 Å². The highest BCUT2D eigenvalue weighted by Crippen LogP contribution is 2.18. The van der Waals surface area contributed by atoms with Gasteiger partial charge >= 0.3 is 0 Å². The standard InChI is InChI=1S/C31H66N.CH4O4S/c1-29(2)23-17-11-8-14-20-26-32(7,27-21-15-9-12-18-24-30(3)4)28-22-16-10-13-19-25-31(5)6;1-5-6(2,3)4/h29-31H,8-28H2,1-7H3;1H3,(H,2,3,4)/q+1;/p-1. The molecule has 0 saturated carbocycles. The monoisotopic (exact) mass is 563 g/mol. The van der Waals surface area contributed by atoms with E-state index in [2.05, 4.69) is 52.8 Å². The second kappa shape index (κ2) is 25.8. The lowest BCUT2D eigenvalue weighted by Crippen LogP contribution is -2.46. The van der Waals surface area contributed by atoms with Crippen molar-refractivity contribution in [2.24, 2.45) is 17.8 Å². The number of rotatable bonds is 25.